The van der Waals surface area contributed by atoms with Gasteiger partial charge in [0.2, 0.25) is 11.7 Å². The van der Waals surface area contributed by atoms with Gasteiger partial charge >= 0.3 is 6.03 Å². The third kappa shape index (κ3) is 4.81. The summed E-state index contributed by atoms with van der Waals surface area (Å²) in [5, 5.41) is 14.5. The van der Waals surface area contributed by atoms with Gasteiger partial charge in [0.15, 0.2) is 5.16 Å². The van der Waals surface area contributed by atoms with Crippen LogP contribution in [-0.2, 0) is 4.79 Å². The van der Waals surface area contributed by atoms with Gasteiger partial charge in [-0.05, 0) is 43.0 Å². The second kappa shape index (κ2) is 10.1. The highest BCUT2D eigenvalue weighted by molar-refractivity contribution is 7.99. The van der Waals surface area contributed by atoms with E-state index in [2.05, 4.69) is 34.7 Å². The highest BCUT2D eigenvalue weighted by Crippen LogP contribution is 2.24. The highest BCUT2D eigenvalue weighted by atomic mass is 32.2. The second-order valence-electron chi connectivity index (χ2n) is 8.34. The molecule has 0 atom stereocenters. The van der Waals surface area contributed by atoms with E-state index in [1.165, 1.54) is 4.57 Å². The molecule has 0 unspecified atom stereocenters. The Kier molecular flexibility index (Phi) is 6.97. The van der Waals surface area contributed by atoms with E-state index < -0.39 is 11.9 Å². The van der Waals surface area contributed by atoms with Crippen LogP contribution >= 0.6 is 11.8 Å². The average molecular weight is 479 g/mol. The predicted molar refractivity (Wildman–Crippen MR) is 133 cm³/mol. The van der Waals surface area contributed by atoms with Crippen molar-refractivity contribution in [2.45, 2.75) is 32.3 Å². The minimum Gasteiger partial charge on any atom is -0.338 e. The maximum Gasteiger partial charge on any atom is 0.321 e. The number of nitrogens with zero attached hydrogens (tertiary/aromatic N) is 4. The summed E-state index contributed by atoms with van der Waals surface area (Å²) in [5.41, 5.74) is 2.08. The standard InChI is InChI=1S/C24H26N6O3S/c1-15(2)12-13-25-22(33)26-20(31)14-34-24-28-27-23-29(18-10-6-4-8-16(18)3)21(32)17-9-5-7-11-19(17)30(23)24/h4-11,15H,12-14H2,1-3H3,(H2,25,26,31,33). The molecule has 2 heterocycles. The summed E-state index contributed by atoms with van der Waals surface area (Å²) in [6.07, 6.45) is 0.831. The minimum absolute atomic E-state index is 0.0315. The summed E-state index contributed by atoms with van der Waals surface area (Å²) in [4.78, 5) is 37.6. The molecule has 0 aliphatic heterocycles. The maximum atomic E-state index is 13.4. The van der Waals surface area contributed by atoms with E-state index in [0.717, 1.165) is 23.7 Å². The van der Waals surface area contributed by atoms with E-state index >= 15 is 0 Å². The Morgan fingerprint density at radius 3 is 2.56 bits per heavy atom. The fraction of sp³-hybridized carbons (Fsp3) is 0.292. The molecule has 2 aromatic carbocycles. The van der Waals surface area contributed by atoms with E-state index in [9.17, 15) is 14.4 Å². The molecule has 4 rings (SSSR count). The zero-order chi connectivity index (χ0) is 24.2. The smallest absolute Gasteiger partial charge is 0.321 e. The summed E-state index contributed by atoms with van der Waals surface area (Å²) in [5.74, 6) is 0.336. The Bertz CT molecular complexity index is 1430. The summed E-state index contributed by atoms with van der Waals surface area (Å²) in [6.45, 7) is 6.55. The number of carbonyl (C=O) groups is 2. The van der Waals surface area contributed by atoms with Crippen LogP contribution in [0.5, 0.6) is 0 Å². The Hall–Kier alpha value is -3.66. The molecule has 0 radical (unpaired) electrons. The molecule has 0 spiro atoms. The Morgan fingerprint density at radius 2 is 1.79 bits per heavy atom. The van der Waals surface area contributed by atoms with Crippen molar-refractivity contribution >= 4 is 40.4 Å². The third-order valence-electron chi connectivity index (χ3n) is 5.34. The molecule has 0 fully saturated rings. The van der Waals surface area contributed by atoms with Crippen LogP contribution in [0.4, 0.5) is 4.79 Å². The number of amides is 3. The van der Waals surface area contributed by atoms with Crippen molar-refractivity contribution in [1.82, 2.24) is 29.8 Å². The van der Waals surface area contributed by atoms with Crippen molar-refractivity contribution in [3.8, 4) is 5.69 Å². The summed E-state index contributed by atoms with van der Waals surface area (Å²) in [7, 11) is 0. The van der Waals surface area contributed by atoms with E-state index in [-0.39, 0.29) is 11.3 Å². The van der Waals surface area contributed by atoms with Crippen molar-refractivity contribution < 1.29 is 9.59 Å². The van der Waals surface area contributed by atoms with Crippen LogP contribution in [0.25, 0.3) is 22.4 Å². The SMILES string of the molecule is Cc1ccccc1-n1c(=O)c2ccccc2n2c(SCC(=O)NC(=O)NCCC(C)C)nnc12. The van der Waals surface area contributed by atoms with Crippen LogP contribution < -0.4 is 16.2 Å². The Labute approximate surface area is 200 Å². The van der Waals surface area contributed by atoms with Crippen LogP contribution in [0.15, 0.2) is 58.5 Å². The van der Waals surface area contributed by atoms with E-state index in [1.807, 2.05) is 43.3 Å². The number of imide groups is 1. The topological polar surface area (TPSA) is 110 Å². The van der Waals surface area contributed by atoms with Crippen molar-refractivity contribution in [2.75, 3.05) is 12.3 Å². The third-order valence-corrected chi connectivity index (χ3v) is 6.27. The molecule has 2 aromatic heterocycles. The number of thioether (sulfide) groups is 1. The number of fused-ring (bicyclic) bond motifs is 3. The largest absolute Gasteiger partial charge is 0.338 e. The lowest BCUT2D eigenvalue weighted by atomic mass is 10.1. The Balaban J connectivity index is 1.64. The van der Waals surface area contributed by atoms with Crippen LogP contribution in [0.1, 0.15) is 25.8 Å². The molecule has 176 valence electrons. The van der Waals surface area contributed by atoms with E-state index in [0.29, 0.717) is 40.0 Å². The number of hydrogen-bond donors (Lipinski definition) is 2. The van der Waals surface area contributed by atoms with E-state index in [1.54, 1.807) is 16.5 Å². The van der Waals surface area contributed by atoms with Crippen molar-refractivity contribution in [2.24, 2.45) is 5.92 Å². The average Bonchev–Trinajstić information content (AvgIpc) is 3.22. The highest BCUT2D eigenvalue weighted by Gasteiger charge is 2.19. The zero-order valence-corrected chi connectivity index (χ0v) is 20.1. The number of para-hydroxylation sites is 2. The summed E-state index contributed by atoms with van der Waals surface area (Å²) >= 11 is 1.15. The quantitative estimate of drug-likeness (QED) is 0.394. The predicted octanol–water partition coefficient (Wildman–Crippen LogP) is 3.31. The molecule has 0 saturated carbocycles. The van der Waals surface area contributed by atoms with Gasteiger partial charge in [-0.25, -0.2) is 9.36 Å². The second-order valence-corrected chi connectivity index (χ2v) is 9.28. The monoisotopic (exact) mass is 478 g/mol. The first-order valence-corrected chi connectivity index (χ1v) is 12.0. The number of hydrogen-bond acceptors (Lipinski definition) is 6. The first-order chi connectivity index (χ1) is 16.4. The number of nitrogens with one attached hydrogen (secondary N) is 2. The number of carbonyl (C=O) groups excluding carboxylic acids is 2. The molecule has 34 heavy (non-hydrogen) atoms. The molecule has 0 aliphatic rings. The Morgan fingerprint density at radius 1 is 1.06 bits per heavy atom. The molecule has 4 aromatic rings. The molecule has 3 amide bonds. The molecule has 9 nitrogen and oxygen atoms in total. The lowest BCUT2D eigenvalue weighted by Gasteiger charge is -2.13. The van der Waals surface area contributed by atoms with Gasteiger partial charge in [-0.1, -0.05) is 55.9 Å². The molecule has 0 saturated heterocycles. The van der Waals surface area contributed by atoms with Gasteiger partial charge in [-0.2, -0.15) is 0 Å². The lowest BCUT2D eigenvalue weighted by Crippen LogP contribution is -2.40. The number of aromatic nitrogens is 4. The van der Waals surface area contributed by atoms with Crippen LogP contribution in [-0.4, -0.2) is 43.4 Å². The van der Waals surface area contributed by atoms with E-state index in [4.69, 9.17) is 0 Å². The van der Waals surface area contributed by atoms with Gasteiger partial charge in [0.25, 0.3) is 5.56 Å². The van der Waals surface area contributed by atoms with Gasteiger partial charge in [0.05, 0.1) is 22.3 Å². The van der Waals surface area contributed by atoms with Gasteiger partial charge < -0.3 is 5.32 Å². The number of urea groups is 1. The van der Waals surface area contributed by atoms with Gasteiger partial charge in [0, 0.05) is 6.54 Å². The van der Waals surface area contributed by atoms with Crippen molar-refractivity contribution in [3.63, 3.8) is 0 Å². The normalized spacial score (nSPS) is 11.3. The molecule has 2 N–H and O–H groups in total. The maximum absolute atomic E-state index is 13.4. The zero-order valence-electron chi connectivity index (χ0n) is 19.2. The molecule has 0 bridgehead atoms. The van der Waals surface area contributed by atoms with Crippen LogP contribution in [0, 0.1) is 12.8 Å². The van der Waals surface area contributed by atoms with Gasteiger partial charge in [-0.3, -0.25) is 19.3 Å². The first-order valence-electron chi connectivity index (χ1n) is 11.0. The van der Waals surface area contributed by atoms with Crippen LogP contribution in [0.2, 0.25) is 0 Å². The summed E-state index contributed by atoms with van der Waals surface area (Å²) in [6, 6.07) is 14.3. The molecule has 10 heteroatoms. The van der Waals surface area contributed by atoms with Gasteiger partial charge in [-0.15, -0.1) is 10.2 Å². The molecule has 0 aliphatic carbocycles. The fourth-order valence-corrected chi connectivity index (χ4v) is 4.35. The van der Waals surface area contributed by atoms with Crippen molar-refractivity contribution in [1.29, 1.82) is 0 Å². The summed E-state index contributed by atoms with van der Waals surface area (Å²) < 4.78 is 3.31. The first kappa shape index (κ1) is 23.5. The molecular weight excluding hydrogens is 452 g/mol. The fourth-order valence-electron chi connectivity index (χ4n) is 3.61. The number of aryl methyl sites for hydroxylation is 1. The van der Waals surface area contributed by atoms with Crippen molar-refractivity contribution in [3.05, 3.63) is 64.4 Å². The molecular formula is C24H26N6O3S. The number of benzene rings is 2. The lowest BCUT2D eigenvalue weighted by molar-refractivity contribution is -0.117. The van der Waals surface area contributed by atoms with Crippen LogP contribution in [0.3, 0.4) is 0 Å². The minimum atomic E-state index is -0.517. The number of rotatable bonds is 7. The van der Waals surface area contributed by atoms with Gasteiger partial charge in [0.1, 0.15) is 0 Å².